The number of nitrogens with one attached hydrogen (secondary N) is 2. The van der Waals surface area contributed by atoms with Crippen LogP contribution in [0.1, 0.15) is 16.8 Å². The first-order valence-electron chi connectivity index (χ1n) is 8.23. The zero-order valence-corrected chi connectivity index (χ0v) is 14.7. The minimum absolute atomic E-state index is 0.589. The highest BCUT2D eigenvalue weighted by atomic mass is 16.5. The van der Waals surface area contributed by atoms with Crippen LogP contribution >= 0.6 is 0 Å². The molecule has 1 heterocycles. The Morgan fingerprint density at radius 2 is 1.79 bits per heavy atom. The molecule has 0 fully saturated rings. The lowest BCUT2D eigenvalue weighted by Crippen LogP contribution is -2.40. The van der Waals surface area contributed by atoms with Gasteiger partial charge in [-0.3, -0.25) is 9.98 Å². The van der Waals surface area contributed by atoms with Gasteiger partial charge in [-0.15, -0.1) is 0 Å². The second kappa shape index (κ2) is 9.55. The predicted molar refractivity (Wildman–Crippen MR) is 98.7 cm³/mol. The van der Waals surface area contributed by atoms with Gasteiger partial charge in [0.25, 0.3) is 0 Å². The maximum Gasteiger partial charge on any atom is 0.191 e. The highest BCUT2D eigenvalue weighted by Gasteiger charge is 1.99. The van der Waals surface area contributed by atoms with Crippen molar-refractivity contribution in [3.05, 3.63) is 59.4 Å². The summed E-state index contributed by atoms with van der Waals surface area (Å²) in [5.74, 6) is 1.67. The molecule has 0 aliphatic heterocycles. The molecule has 128 valence electrons. The SMILES string of the molecule is CN=C(NCCOc1ccc(C)cc1)NCCc1ccc(C)nc1. The molecule has 5 heteroatoms. The number of benzene rings is 1. The van der Waals surface area contributed by atoms with Crippen molar-refractivity contribution in [3.8, 4) is 5.75 Å². The lowest BCUT2D eigenvalue weighted by molar-refractivity contribution is 0.322. The van der Waals surface area contributed by atoms with Gasteiger partial charge in [-0.25, -0.2) is 0 Å². The van der Waals surface area contributed by atoms with Gasteiger partial charge in [-0.05, 0) is 44.0 Å². The third-order valence-electron chi connectivity index (χ3n) is 3.59. The second-order valence-corrected chi connectivity index (χ2v) is 5.65. The lowest BCUT2D eigenvalue weighted by Gasteiger charge is -2.12. The van der Waals surface area contributed by atoms with Crippen molar-refractivity contribution in [1.82, 2.24) is 15.6 Å². The molecule has 2 aromatic rings. The Bertz CT molecular complexity index is 635. The van der Waals surface area contributed by atoms with Gasteiger partial charge in [0.2, 0.25) is 0 Å². The van der Waals surface area contributed by atoms with Crippen LogP contribution in [-0.2, 0) is 6.42 Å². The molecule has 0 saturated carbocycles. The Morgan fingerprint density at radius 3 is 2.46 bits per heavy atom. The van der Waals surface area contributed by atoms with E-state index in [-0.39, 0.29) is 0 Å². The fraction of sp³-hybridized carbons (Fsp3) is 0.368. The van der Waals surface area contributed by atoms with Crippen molar-refractivity contribution in [2.75, 3.05) is 26.7 Å². The molecule has 0 bridgehead atoms. The number of hydrogen-bond acceptors (Lipinski definition) is 3. The predicted octanol–water partition coefficient (Wildman–Crippen LogP) is 2.48. The Kier molecular flexibility index (Phi) is 7.08. The molecular formula is C19H26N4O. The van der Waals surface area contributed by atoms with Crippen molar-refractivity contribution in [3.63, 3.8) is 0 Å². The van der Waals surface area contributed by atoms with Crippen LogP contribution in [0.4, 0.5) is 0 Å². The van der Waals surface area contributed by atoms with Crippen molar-refractivity contribution in [2.24, 2.45) is 4.99 Å². The summed E-state index contributed by atoms with van der Waals surface area (Å²) in [5, 5.41) is 6.54. The topological polar surface area (TPSA) is 58.5 Å². The van der Waals surface area contributed by atoms with E-state index >= 15 is 0 Å². The van der Waals surface area contributed by atoms with Crippen LogP contribution in [0.3, 0.4) is 0 Å². The van der Waals surface area contributed by atoms with Crippen LogP contribution in [-0.4, -0.2) is 37.7 Å². The Labute approximate surface area is 144 Å². The number of aliphatic imine (C=N–C) groups is 1. The average Bonchev–Trinajstić information content (AvgIpc) is 2.60. The fourth-order valence-electron chi connectivity index (χ4n) is 2.16. The Balaban J connectivity index is 1.63. The largest absolute Gasteiger partial charge is 0.492 e. The first-order chi connectivity index (χ1) is 11.7. The minimum Gasteiger partial charge on any atom is -0.492 e. The van der Waals surface area contributed by atoms with Gasteiger partial charge in [0.15, 0.2) is 5.96 Å². The Hall–Kier alpha value is -2.56. The van der Waals surface area contributed by atoms with Gasteiger partial charge in [-0.1, -0.05) is 23.8 Å². The Morgan fingerprint density at radius 1 is 1.04 bits per heavy atom. The number of guanidine groups is 1. The van der Waals surface area contributed by atoms with E-state index in [2.05, 4.69) is 33.6 Å². The van der Waals surface area contributed by atoms with Crippen LogP contribution in [0.25, 0.3) is 0 Å². The maximum atomic E-state index is 5.69. The van der Waals surface area contributed by atoms with E-state index in [0.717, 1.165) is 30.4 Å². The highest BCUT2D eigenvalue weighted by molar-refractivity contribution is 5.79. The summed E-state index contributed by atoms with van der Waals surface area (Å²) in [6.07, 6.45) is 2.83. The van der Waals surface area contributed by atoms with Gasteiger partial charge in [-0.2, -0.15) is 0 Å². The average molecular weight is 326 g/mol. The molecule has 2 rings (SSSR count). The number of aryl methyl sites for hydroxylation is 2. The van der Waals surface area contributed by atoms with Crippen molar-refractivity contribution < 1.29 is 4.74 Å². The summed E-state index contributed by atoms with van der Waals surface area (Å²) < 4.78 is 5.69. The smallest absolute Gasteiger partial charge is 0.191 e. The number of aromatic nitrogens is 1. The van der Waals surface area contributed by atoms with Crippen LogP contribution < -0.4 is 15.4 Å². The molecule has 0 saturated heterocycles. The zero-order valence-electron chi connectivity index (χ0n) is 14.7. The summed E-state index contributed by atoms with van der Waals surface area (Å²) in [5.41, 5.74) is 3.48. The number of pyridine rings is 1. The van der Waals surface area contributed by atoms with Gasteiger partial charge < -0.3 is 15.4 Å². The van der Waals surface area contributed by atoms with E-state index in [0.29, 0.717) is 13.2 Å². The number of ether oxygens (including phenoxy) is 1. The van der Waals surface area contributed by atoms with Crippen LogP contribution in [0.15, 0.2) is 47.6 Å². The van der Waals surface area contributed by atoms with Crippen LogP contribution in [0.5, 0.6) is 5.75 Å². The molecular weight excluding hydrogens is 300 g/mol. The van der Waals surface area contributed by atoms with Crippen molar-refractivity contribution >= 4 is 5.96 Å². The highest BCUT2D eigenvalue weighted by Crippen LogP contribution is 2.10. The van der Waals surface area contributed by atoms with E-state index < -0.39 is 0 Å². The van der Waals surface area contributed by atoms with Crippen molar-refractivity contribution in [2.45, 2.75) is 20.3 Å². The molecule has 0 aliphatic carbocycles. The van der Waals surface area contributed by atoms with E-state index in [4.69, 9.17) is 4.74 Å². The standard InChI is InChI=1S/C19H26N4O/c1-15-4-8-18(9-5-15)24-13-12-22-19(20-3)21-11-10-17-7-6-16(2)23-14-17/h4-9,14H,10-13H2,1-3H3,(H2,20,21,22). The van der Waals surface area contributed by atoms with Crippen LogP contribution in [0.2, 0.25) is 0 Å². The summed E-state index contributed by atoms with van der Waals surface area (Å²) in [6.45, 7) is 6.15. The molecule has 0 amide bonds. The molecule has 0 aliphatic rings. The molecule has 0 atom stereocenters. The molecule has 1 aromatic heterocycles. The second-order valence-electron chi connectivity index (χ2n) is 5.65. The van der Waals surface area contributed by atoms with Crippen molar-refractivity contribution in [1.29, 1.82) is 0 Å². The first-order valence-corrected chi connectivity index (χ1v) is 8.23. The number of nitrogens with zero attached hydrogens (tertiary/aromatic N) is 2. The first kappa shape index (κ1) is 17.8. The molecule has 1 aromatic carbocycles. The van der Waals surface area contributed by atoms with Gasteiger partial charge in [0.1, 0.15) is 12.4 Å². The summed E-state index contributed by atoms with van der Waals surface area (Å²) in [7, 11) is 1.77. The molecule has 0 unspecified atom stereocenters. The summed E-state index contributed by atoms with van der Waals surface area (Å²) in [6, 6.07) is 12.2. The van der Waals surface area contributed by atoms with E-state index in [9.17, 15) is 0 Å². The summed E-state index contributed by atoms with van der Waals surface area (Å²) in [4.78, 5) is 8.51. The quantitative estimate of drug-likeness (QED) is 0.466. The zero-order chi connectivity index (χ0) is 17.2. The maximum absolute atomic E-state index is 5.69. The van der Waals surface area contributed by atoms with Gasteiger partial charge in [0, 0.05) is 25.5 Å². The number of hydrogen-bond donors (Lipinski definition) is 2. The fourth-order valence-corrected chi connectivity index (χ4v) is 2.16. The normalized spacial score (nSPS) is 11.2. The summed E-state index contributed by atoms with van der Waals surface area (Å²) >= 11 is 0. The lowest BCUT2D eigenvalue weighted by atomic mass is 10.2. The third kappa shape index (κ3) is 6.28. The monoisotopic (exact) mass is 326 g/mol. The van der Waals surface area contributed by atoms with E-state index in [1.54, 1.807) is 7.05 Å². The van der Waals surface area contributed by atoms with Gasteiger partial charge in [0.05, 0.1) is 6.54 Å². The third-order valence-corrected chi connectivity index (χ3v) is 3.59. The molecule has 24 heavy (non-hydrogen) atoms. The minimum atomic E-state index is 0.589. The van der Waals surface area contributed by atoms with E-state index in [1.807, 2.05) is 43.5 Å². The number of rotatable bonds is 7. The van der Waals surface area contributed by atoms with E-state index in [1.165, 1.54) is 11.1 Å². The van der Waals surface area contributed by atoms with Gasteiger partial charge >= 0.3 is 0 Å². The molecule has 0 radical (unpaired) electrons. The van der Waals surface area contributed by atoms with Crippen LogP contribution in [0, 0.1) is 13.8 Å². The molecule has 5 nitrogen and oxygen atoms in total. The molecule has 2 N–H and O–H groups in total. The molecule has 0 spiro atoms.